The van der Waals surface area contributed by atoms with Crippen molar-refractivity contribution in [2.45, 2.75) is 38.2 Å². The first kappa shape index (κ1) is 11.4. The van der Waals surface area contributed by atoms with Crippen molar-refractivity contribution in [3.63, 3.8) is 0 Å². The van der Waals surface area contributed by atoms with E-state index in [1.165, 1.54) is 32.2 Å². The fourth-order valence-electron chi connectivity index (χ4n) is 2.12. The monoisotopic (exact) mass is 212 g/mol. The predicted molar refractivity (Wildman–Crippen MR) is 62.1 cm³/mol. The number of rotatable bonds is 7. The smallest absolute Gasteiger partial charge is 0.0712 e. The van der Waals surface area contributed by atoms with Crippen molar-refractivity contribution in [3.8, 4) is 0 Å². The van der Waals surface area contributed by atoms with Crippen LogP contribution in [0.3, 0.4) is 0 Å². The van der Waals surface area contributed by atoms with Gasteiger partial charge in [-0.05, 0) is 38.3 Å². The highest BCUT2D eigenvalue weighted by molar-refractivity contribution is 4.73. The zero-order chi connectivity index (χ0) is 10.3. The van der Waals surface area contributed by atoms with Crippen molar-refractivity contribution in [3.05, 3.63) is 0 Å². The molecule has 88 valence electrons. The van der Waals surface area contributed by atoms with Gasteiger partial charge in [-0.1, -0.05) is 12.8 Å². The predicted octanol–water partition coefficient (Wildman–Crippen LogP) is 1.14. The number of hydrogen-bond donors (Lipinski definition) is 2. The molecule has 0 bridgehead atoms. The standard InChI is InChI=1S/C12H24N2O/c1(2-11-3-4-11)6-13-7-5-12-10-14-8-9-15-12/h11-14H,1-10H2. The largest absolute Gasteiger partial charge is 0.376 e. The zero-order valence-corrected chi connectivity index (χ0v) is 9.63. The molecule has 0 amide bonds. The lowest BCUT2D eigenvalue weighted by atomic mass is 10.2. The van der Waals surface area contributed by atoms with Gasteiger partial charge in [0.2, 0.25) is 0 Å². The lowest BCUT2D eigenvalue weighted by Crippen LogP contribution is -2.40. The van der Waals surface area contributed by atoms with E-state index in [1.807, 2.05) is 0 Å². The van der Waals surface area contributed by atoms with Crippen LogP contribution in [0.4, 0.5) is 0 Å². The van der Waals surface area contributed by atoms with Crippen LogP contribution >= 0.6 is 0 Å². The van der Waals surface area contributed by atoms with E-state index < -0.39 is 0 Å². The highest BCUT2D eigenvalue weighted by Gasteiger charge is 2.19. The van der Waals surface area contributed by atoms with E-state index in [0.717, 1.165) is 38.6 Å². The Morgan fingerprint density at radius 3 is 2.87 bits per heavy atom. The van der Waals surface area contributed by atoms with Crippen molar-refractivity contribution in [1.29, 1.82) is 0 Å². The number of hydrogen-bond acceptors (Lipinski definition) is 3. The average Bonchev–Trinajstić information content (AvgIpc) is 3.09. The molecular formula is C12H24N2O. The molecule has 3 nitrogen and oxygen atoms in total. The van der Waals surface area contributed by atoms with Crippen molar-refractivity contribution in [2.75, 3.05) is 32.8 Å². The number of nitrogens with one attached hydrogen (secondary N) is 2. The van der Waals surface area contributed by atoms with Crippen LogP contribution in [0.5, 0.6) is 0 Å². The second kappa shape index (κ2) is 6.46. The van der Waals surface area contributed by atoms with Crippen LogP contribution in [-0.2, 0) is 4.74 Å². The minimum Gasteiger partial charge on any atom is -0.376 e. The van der Waals surface area contributed by atoms with Gasteiger partial charge in [-0.15, -0.1) is 0 Å². The topological polar surface area (TPSA) is 33.3 Å². The van der Waals surface area contributed by atoms with E-state index in [2.05, 4.69) is 10.6 Å². The lowest BCUT2D eigenvalue weighted by molar-refractivity contribution is 0.0239. The van der Waals surface area contributed by atoms with Gasteiger partial charge >= 0.3 is 0 Å². The SMILES string of the molecule is C(CNCCC1CNCCO1)CC1CC1. The Morgan fingerprint density at radius 1 is 1.20 bits per heavy atom. The van der Waals surface area contributed by atoms with Gasteiger partial charge in [0.05, 0.1) is 12.7 Å². The van der Waals surface area contributed by atoms with Crippen LogP contribution in [0, 0.1) is 5.92 Å². The fraction of sp³-hybridized carbons (Fsp3) is 1.00. The molecule has 1 saturated carbocycles. The van der Waals surface area contributed by atoms with Crippen molar-refractivity contribution in [2.24, 2.45) is 5.92 Å². The summed E-state index contributed by atoms with van der Waals surface area (Å²) < 4.78 is 5.63. The molecule has 1 atom stereocenters. The zero-order valence-electron chi connectivity index (χ0n) is 9.63. The van der Waals surface area contributed by atoms with Gasteiger partial charge in [-0.2, -0.15) is 0 Å². The second-order valence-electron chi connectivity index (χ2n) is 4.82. The van der Waals surface area contributed by atoms with Gasteiger partial charge in [0, 0.05) is 13.1 Å². The van der Waals surface area contributed by atoms with Crippen LogP contribution in [0.2, 0.25) is 0 Å². The summed E-state index contributed by atoms with van der Waals surface area (Å²) >= 11 is 0. The average molecular weight is 212 g/mol. The summed E-state index contributed by atoms with van der Waals surface area (Å²) in [5, 5.41) is 6.87. The summed E-state index contributed by atoms with van der Waals surface area (Å²) in [6, 6.07) is 0. The summed E-state index contributed by atoms with van der Waals surface area (Å²) in [5.41, 5.74) is 0. The molecule has 3 heteroatoms. The van der Waals surface area contributed by atoms with E-state index >= 15 is 0 Å². The first-order valence-corrected chi connectivity index (χ1v) is 6.48. The number of morpholine rings is 1. The quantitative estimate of drug-likeness (QED) is 0.621. The maximum absolute atomic E-state index is 5.63. The van der Waals surface area contributed by atoms with Crippen molar-refractivity contribution < 1.29 is 4.74 Å². The fourth-order valence-corrected chi connectivity index (χ4v) is 2.12. The normalized spacial score (nSPS) is 26.8. The molecule has 1 heterocycles. The Balaban J connectivity index is 1.37. The van der Waals surface area contributed by atoms with E-state index in [0.29, 0.717) is 6.10 Å². The van der Waals surface area contributed by atoms with Gasteiger partial charge in [0.15, 0.2) is 0 Å². The molecule has 0 radical (unpaired) electrons. The van der Waals surface area contributed by atoms with Crippen LogP contribution in [-0.4, -0.2) is 38.9 Å². The highest BCUT2D eigenvalue weighted by Crippen LogP contribution is 2.33. The molecule has 2 fully saturated rings. The third-order valence-corrected chi connectivity index (χ3v) is 3.31. The Hall–Kier alpha value is -0.120. The maximum Gasteiger partial charge on any atom is 0.0712 e. The van der Waals surface area contributed by atoms with E-state index in [9.17, 15) is 0 Å². The molecule has 1 saturated heterocycles. The molecule has 1 unspecified atom stereocenters. The van der Waals surface area contributed by atoms with Gasteiger partial charge in [-0.25, -0.2) is 0 Å². The van der Waals surface area contributed by atoms with E-state index in [4.69, 9.17) is 4.74 Å². The molecule has 0 aromatic rings. The summed E-state index contributed by atoms with van der Waals surface area (Å²) in [6.45, 7) is 5.23. The first-order valence-electron chi connectivity index (χ1n) is 6.48. The van der Waals surface area contributed by atoms with Crippen LogP contribution in [0.1, 0.15) is 32.1 Å². The Labute approximate surface area is 93.0 Å². The Kier molecular flexibility index (Phi) is 4.90. The Bertz CT molecular complexity index is 165. The third kappa shape index (κ3) is 4.96. The van der Waals surface area contributed by atoms with Crippen molar-refractivity contribution in [1.82, 2.24) is 10.6 Å². The molecule has 0 aromatic heterocycles. The van der Waals surface area contributed by atoms with Crippen LogP contribution in [0.25, 0.3) is 0 Å². The summed E-state index contributed by atoms with van der Waals surface area (Å²) in [7, 11) is 0. The molecule has 1 aliphatic heterocycles. The molecule has 15 heavy (non-hydrogen) atoms. The maximum atomic E-state index is 5.63. The number of ether oxygens (including phenoxy) is 1. The van der Waals surface area contributed by atoms with Crippen LogP contribution < -0.4 is 10.6 Å². The minimum absolute atomic E-state index is 0.440. The molecule has 2 rings (SSSR count). The molecular weight excluding hydrogens is 188 g/mol. The molecule has 1 aliphatic carbocycles. The van der Waals surface area contributed by atoms with Gasteiger partial charge in [-0.3, -0.25) is 0 Å². The molecule has 0 spiro atoms. The van der Waals surface area contributed by atoms with Crippen LogP contribution in [0.15, 0.2) is 0 Å². The van der Waals surface area contributed by atoms with Gasteiger partial charge < -0.3 is 15.4 Å². The van der Waals surface area contributed by atoms with Crippen molar-refractivity contribution >= 4 is 0 Å². The first-order chi connectivity index (χ1) is 7.45. The minimum atomic E-state index is 0.440. The summed E-state index contributed by atoms with van der Waals surface area (Å²) in [5.74, 6) is 1.08. The molecule has 0 aromatic carbocycles. The lowest BCUT2D eigenvalue weighted by Gasteiger charge is -2.23. The Morgan fingerprint density at radius 2 is 2.13 bits per heavy atom. The molecule has 2 aliphatic rings. The molecule has 2 N–H and O–H groups in total. The van der Waals surface area contributed by atoms with Gasteiger partial charge in [0.25, 0.3) is 0 Å². The van der Waals surface area contributed by atoms with E-state index in [-0.39, 0.29) is 0 Å². The van der Waals surface area contributed by atoms with E-state index in [1.54, 1.807) is 0 Å². The second-order valence-corrected chi connectivity index (χ2v) is 4.82. The summed E-state index contributed by atoms with van der Waals surface area (Å²) in [4.78, 5) is 0. The van der Waals surface area contributed by atoms with Gasteiger partial charge in [0.1, 0.15) is 0 Å². The highest BCUT2D eigenvalue weighted by atomic mass is 16.5. The third-order valence-electron chi connectivity index (χ3n) is 3.31. The summed E-state index contributed by atoms with van der Waals surface area (Å²) in [6.07, 6.45) is 7.36.